The summed E-state index contributed by atoms with van der Waals surface area (Å²) in [5.41, 5.74) is -1.15. The fourth-order valence-electron chi connectivity index (χ4n) is 3.12. The van der Waals surface area contributed by atoms with E-state index in [-0.39, 0.29) is 16.0 Å². The maximum absolute atomic E-state index is 13.6. The predicted molar refractivity (Wildman–Crippen MR) is 101 cm³/mol. The van der Waals surface area contributed by atoms with Gasteiger partial charge in [0.2, 0.25) is 11.6 Å². The number of carbonyl (C=O) groups is 3. The Balaban J connectivity index is 2.03. The molecular weight excluding hydrogens is 397 g/mol. The van der Waals surface area contributed by atoms with Gasteiger partial charge in [0.1, 0.15) is 17.2 Å². The molecule has 29 heavy (non-hydrogen) atoms. The molecule has 0 amide bonds. The summed E-state index contributed by atoms with van der Waals surface area (Å²) in [4.78, 5) is 37.6. The van der Waals surface area contributed by atoms with Crippen molar-refractivity contribution in [2.24, 2.45) is 0 Å². The first-order chi connectivity index (χ1) is 13.8. The quantitative estimate of drug-likeness (QED) is 0.618. The summed E-state index contributed by atoms with van der Waals surface area (Å²) in [6, 6.07) is 13.0. The fourth-order valence-corrected chi connectivity index (χ4v) is 4.65. The Hall–Kier alpha value is -3.65. The molecular formula is C21H12FNO5S. The summed E-state index contributed by atoms with van der Waals surface area (Å²) >= 11 is 0. The first kappa shape index (κ1) is 18.7. The molecule has 0 spiro atoms. The van der Waals surface area contributed by atoms with Crippen LogP contribution in [0.3, 0.4) is 0 Å². The molecule has 8 heteroatoms. The van der Waals surface area contributed by atoms with Crippen LogP contribution in [0.15, 0.2) is 77.7 Å². The minimum absolute atomic E-state index is 0.114. The summed E-state index contributed by atoms with van der Waals surface area (Å²) < 4.78 is 40.8. The van der Waals surface area contributed by atoms with Gasteiger partial charge in [-0.05, 0) is 42.5 Å². The third kappa shape index (κ3) is 3.03. The van der Waals surface area contributed by atoms with Gasteiger partial charge in [-0.15, -0.1) is 0 Å². The lowest BCUT2D eigenvalue weighted by Crippen LogP contribution is -2.24. The van der Waals surface area contributed by atoms with Crippen molar-refractivity contribution in [3.8, 4) is 0 Å². The van der Waals surface area contributed by atoms with Gasteiger partial charge in [-0.25, -0.2) is 16.8 Å². The van der Waals surface area contributed by atoms with E-state index in [9.17, 15) is 27.2 Å². The van der Waals surface area contributed by atoms with E-state index >= 15 is 0 Å². The first-order valence-corrected chi connectivity index (χ1v) is 9.88. The Kier molecular flexibility index (Phi) is 4.35. The molecule has 0 fully saturated rings. The molecule has 0 atom stereocenters. The summed E-state index contributed by atoms with van der Waals surface area (Å²) in [5, 5.41) is 0. The van der Waals surface area contributed by atoms with Crippen LogP contribution in [0, 0.1) is 5.82 Å². The second kappa shape index (κ2) is 6.75. The maximum atomic E-state index is 13.6. The summed E-state index contributed by atoms with van der Waals surface area (Å²) in [5.74, 6) is -2.84. The maximum Gasteiger partial charge on any atom is 0.268 e. The number of fused-ring (bicyclic) bond motifs is 1. The standard InChI is InChI=1S/C21H12FNO5S/c22-14-6-4-5-13(11-14)21(26)17-12-16-18(24)9-10-19(25)20(16)23(17)29(27,28)15-7-2-1-3-8-15/h1-12H. The van der Waals surface area contributed by atoms with Gasteiger partial charge < -0.3 is 0 Å². The van der Waals surface area contributed by atoms with Crippen LogP contribution >= 0.6 is 0 Å². The van der Waals surface area contributed by atoms with Crippen LogP contribution < -0.4 is 0 Å². The van der Waals surface area contributed by atoms with Crippen molar-refractivity contribution in [3.63, 3.8) is 0 Å². The van der Waals surface area contributed by atoms with Crippen LogP contribution in [-0.4, -0.2) is 29.7 Å². The number of carbonyl (C=O) groups excluding carboxylic acids is 3. The molecule has 0 N–H and O–H groups in total. The molecule has 0 saturated carbocycles. The van der Waals surface area contributed by atoms with Crippen molar-refractivity contribution in [3.05, 3.63) is 101 Å². The number of hydrogen-bond acceptors (Lipinski definition) is 5. The Labute approximate surface area is 165 Å². The van der Waals surface area contributed by atoms with Crippen molar-refractivity contribution < 1.29 is 27.2 Å². The third-order valence-electron chi connectivity index (χ3n) is 4.44. The van der Waals surface area contributed by atoms with E-state index < -0.39 is 44.6 Å². The van der Waals surface area contributed by atoms with Gasteiger partial charge in [-0.1, -0.05) is 30.3 Å². The lowest BCUT2D eigenvalue weighted by Gasteiger charge is -2.14. The van der Waals surface area contributed by atoms with Crippen molar-refractivity contribution in [2.75, 3.05) is 0 Å². The molecule has 0 aliphatic heterocycles. The minimum atomic E-state index is -4.39. The van der Waals surface area contributed by atoms with E-state index in [0.29, 0.717) is 3.97 Å². The number of rotatable bonds is 4. The third-order valence-corrected chi connectivity index (χ3v) is 6.17. The smallest absolute Gasteiger partial charge is 0.268 e. The molecule has 0 unspecified atom stereocenters. The molecule has 6 nitrogen and oxygen atoms in total. The van der Waals surface area contributed by atoms with Gasteiger partial charge in [0.25, 0.3) is 10.0 Å². The second-order valence-corrected chi connectivity index (χ2v) is 8.06. The molecule has 0 radical (unpaired) electrons. The molecule has 3 aromatic rings. The van der Waals surface area contributed by atoms with Crippen LogP contribution in [0.1, 0.15) is 36.9 Å². The van der Waals surface area contributed by atoms with Crippen molar-refractivity contribution >= 4 is 27.4 Å². The SMILES string of the molecule is O=C1C=CC(=O)c2c1cc(C(=O)c1cccc(F)c1)n2S(=O)(=O)c1ccccc1. The molecule has 4 rings (SSSR count). The van der Waals surface area contributed by atoms with Crippen LogP contribution in [0.25, 0.3) is 0 Å². The Morgan fingerprint density at radius 2 is 1.55 bits per heavy atom. The lowest BCUT2D eigenvalue weighted by atomic mass is 10.0. The van der Waals surface area contributed by atoms with Gasteiger partial charge in [0.05, 0.1) is 10.5 Å². The van der Waals surface area contributed by atoms with E-state index in [1.807, 2.05) is 0 Å². The highest BCUT2D eigenvalue weighted by Crippen LogP contribution is 2.28. The van der Waals surface area contributed by atoms with E-state index in [0.717, 1.165) is 30.4 Å². The fraction of sp³-hybridized carbons (Fsp3) is 0. The van der Waals surface area contributed by atoms with Crippen LogP contribution in [0.2, 0.25) is 0 Å². The van der Waals surface area contributed by atoms with Crippen LogP contribution in [-0.2, 0) is 10.0 Å². The number of nitrogens with zero attached hydrogens (tertiary/aromatic N) is 1. The highest BCUT2D eigenvalue weighted by atomic mass is 32.2. The number of hydrogen-bond donors (Lipinski definition) is 0. The number of ketones is 3. The topological polar surface area (TPSA) is 90.3 Å². The van der Waals surface area contributed by atoms with Crippen LogP contribution in [0.4, 0.5) is 4.39 Å². The average molecular weight is 409 g/mol. The highest BCUT2D eigenvalue weighted by Gasteiger charge is 2.35. The Morgan fingerprint density at radius 1 is 0.862 bits per heavy atom. The average Bonchev–Trinajstić information content (AvgIpc) is 3.14. The van der Waals surface area contributed by atoms with Crippen molar-refractivity contribution in [2.45, 2.75) is 4.90 Å². The molecule has 1 heterocycles. The van der Waals surface area contributed by atoms with Crippen LogP contribution in [0.5, 0.6) is 0 Å². The molecule has 0 saturated heterocycles. The van der Waals surface area contributed by atoms with Gasteiger partial charge in [-0.2, -0.15) is 0 Å². The largest absolute Gasteiger partial charge is 0.289 e. The second-order valence-electron chi connectivity index (χ2n) is 6.28. The Bertz CT molecular complexity index is 1320. The summed E-state index contributed by atoms with van der Waals surface area (Å²) in [7, 11) is -4.39. The molecule has 1 aromatic heterocycles. The number of halogens is 1. The molecule has 0 bridgehead atoms. The molecule has 1 aliphatic rings. The van der Waals surface area contributed by atoms with E-state index in [2.05, 4.69) is 0 Å². The normalized spacial score (nSPS) is 13.4. The monoisotopic (exact) mass is 409 g/mol. The first-order valence-electron chi connectivity index (χ1n) is 8.44. The van der Waals surface area contributed by atoms with E-state index in [1.165, 1.54) is 36.4 Å². The van der Waals surface area contributed by atoms with Gasteiger partial charge in [0, 0.05) is 5.56 Å². The zero-order valence-electron chi connectivity index (χ0n) is 14.7. The van der Waals surface area contributed by atoms with Gasteiger partial charge in [0.15, 0.2) is 5.78 Å². The zero-order valence-corrected chi connectivity index (χ0v) is 15.5. The predicted octanol–water partition coefficient (Wildman–Crippen LogP) is 3.03. The van der Waals surface area contributed by atoms with Gasteiger partial charge in [-0.3, -0.25) is 14.4 Å². The van der Waals surface area contributed by atoms with Crippen molar-refractivity contribution in [1.29, 1.82) is 0 Å². The number of benzene rings is 2. The number of allylic oxidation sites excluding steroid dienone is 2. The molecule has 1 aliphatic carbocycles. The van der Waals surface area contributed by atoms with E-state index in [1.54, 1.807) is 6.07 Å². The van der Waals surface area contributed by atoms with E-state index in [4.69, 9.17) is 0 Å². The zero-order chi connectivity index (χ0) is 20.8. The van der Waals surface area contributed by atoms with Gasteiger partial charge >= 0.3 is 0 Å². The summed E-state index contributed by atoms with van der Waals surface area (Å²) in [6.45, 7) is 0. The molecule has 144 valence electrons. The number of aromatic nitrogens is 1. The lowest BCUT2D eigenvalue weighted by molar-refractivity contribution is 0.0990. The highest BCUT2D eigenvalue weighted by molar-refractivity contribution is 7.90. The Morgan fingerprint density at radius 3 is 2.24 bits per heavy atom. The summed E-state index contributed by atoms with van der Waals surface area (Å²) in [6.07, 6.45) is 1.97. The van der Waals surface area contributed by atoms with Crippen molar-refractivity contribution in [1.82, 2.24) is 3.97 Å². The molecule has 2 aromatic carbocycles. The minimum Gasteiger partial charge on any atom is -0.289 e.